The monoisotopic (exact) mass is 371 g/mol. The number of aromatic nitrogens is 1. The number of benzene rings is 1. The Kier molecular flexibility index (Phi) is 4.98. The van der Waals surface area contributed by atoms with E-state index in [1.54, 1.807) is 6.07 Å². The number of nitriles is 1. The third kappa shape index (κ3) is 4.00. The lowest BCUT2D eigenvalue weighted by molar-refractivity contribution is -0.122. The van der Waals surface area contributed by atoms with Gasteiger partial charge in [-0.15, -0.1) is 0 Å². The van der Waals surface area contributed by atoms with Crippen molar-refractivity contribution in [2.24, 2.45) is 0 Å². The van der Waals surface area contributed by atoms with Crippen LogP contribution in [0.25, 0.3) is 0 Å². The predicted octanol–water partition coefficient (Wildman–Crippen LogP) is 2.46. The van der Waals surface area contributed by atoms with E-state index in [1.165, 1.54) is 36.2 Å². The topological polar surface area (TPSA) is 98.1 Å². The number of pyridine rings is 1. The van der Waals surface area contributed by atoms with E-state index in [1.807, 2.05) is 0 Å². The second-order valence-corrected chi connectivity index (χ2v) is 6.08. The summed E-state index contributed by atoms with van der Waals surface area (Å²) in [6.45, 7) is 1.32. The van der Waals surface area contributed by atoms with Crippen LogP contribution < -0.4 is 10.6 Å². The Bertz CT molecular complexity index is 957. The maximum atomic E-state index is 14.0. The van der Waals surface area contributed by atoms with Crippen LogP contribution in [0.5, 0.6) is 0 Å². The molecule has 9 heteroatoms. The van der Waals surface area contributed by atoms with Crippen LogP contribution in [0.3, 0.4) is 0 Å². The van der Waals surface area contributed by atoms with E-state index < -0.39 is 29.6 Å². The molecule has 1 aromatic heterocycles. The second kappa shape index (κ2) is 7.37. The maximum Gasteiger partial charge on any atom is 0.322 e. The van der Waals surface area contributed by atoms with Gasteiger partial charge in [0.2, 0.25) is 5.91 Å². The summed E-state index contributed by atoms with van der Waals surface area (Å²) in [5, 5.41) is 13.9. The van der Waals surface area contributed by atoms with E-state index in [0.717, 1.165) is 6.07 Å². The zero-order valence-electron chi connectivity index (χ0n) is 14.3. The van der Waals surface area contributed by atoms with Crippen LogP contribution in [0.15, 0.2) is 30.5 Å². The summed E-state index contributed by atoms with van der Waals surface area (Å²) in [5.74, 6) is -1.67. The van der Waals surface area contributed by atoms with Crippen LogP contribution in [0.2, 0.25) is 0 Å². The molecule has 2 N–H and O–H groups in total. The van der Waals surface area contributed by atoms with Gasteiger partial charge in [0.25, 0.3) is 0 Å². The zero-order chi connectivity index (χ0) is 19.6. The minimum Gasteiger partial charge on any atom is -0.346 e. The maximum absolute atomic E-state index is 14.0. The fourth-order valence-electron chi connectivity index (χ4n) is 2.77. The third-order valence-corrected chi connectivity index (χ3v) is 4.08. The Morgan fingerprint density at radius 1 is 1.44 bits per heavy atom. The van der Waals surface area contributed by atoms with Gasteiger partial charge in [-0.05, 0) is 36.8 Å². The number of hydrogen-bond donors (Lipinski definition) is 2. The van der Waals surface area contributed by atoms with Gasteiger partial charge in [0, 0.05) is 11.9 Å². The number of hydrogen-bond acceptors (Lipinski definition) is 4. The molecule has 0 bridgehead atoms. The molecule has 0 unspecified atom stereocenters. The van der Waals surface area contributed by atoms with Crippen LogP contribution in [-0.2, 0) is 11.3 Å². The summed E-state index contributed by atoms with van der Waals surface area (Å²) in [4.78, 5) is 29.4. The molecule has 3 rings (SSSR count). The summed E-state index contributed by atoms with van der Waals surface area (Å²) in [6.07, 6.45) is 1.21. The highest BCUT2D eigenvalue weighted by Crippen LogP contribution is 2.24. The first-order chi connectivity index (χ1) is 12.9. The van der Waals surface area contributed by atoms with E-state index in [9.17, 15) is 18.4 Å². The van der Waals surface area contributed by atoms with Crippen LogP contribution in [0.1, 0.15) is 29.8 Å². The highest BCUT2D eigenvalue weighted by molar-refractivity contribution is 5.94. The second-order valence-electron chi connectivity index (χ2n) is 6.08. The summed E-state index contributed by atoms with van der Waals surface area (Å²) < 4.78 is 27.3. The highest BCUT2D eigenvalue weighted by Gasteiger charge is 2.25. The van der Waals surface area contributed by atoms with Gasteiger partial charge in [-0.2, -0.15) is 5.26 Å². The van der Waals surface area contributed by atoms with E-state index in [4.69, 9.17) is 5.26 Å². The summed E-state index contributed by atoms with van der Waals surface area (Å²) >= 11 is 0. The molecule has 3 amide bonds. The van der Waals surface area contributed by atoms with Crippen LogP contribution in [0.4, 0.5) is 19.3 Å². The molecule has 0 saturated carbocycles. The summed E-state index contributed by atoms with van der Waals surface area (Å²) in [6, 6.07) is 5.55. The fourth-order valence-corrected chi connectivity index (χ4v) is 2.77. The molecule has 0 saturated heterocycles. The number of amides is 3. The van der Waals surface area contributed by atoms with Crippen molar-refractivity contribution in [1.29, 1.82) is 5.26 Å². The molecule has 138 valence electrons. The largest absolute Gasteiger partial charge is 0.346 e. The van der Waals surface area contributed by atoms with Gasteiger partial charge in [0.15, 0.2) is 0 Å². The van der Waals surface area contributed by atoms with Crippen molar-refractivity contribution < 1.29 is 18.4 Å². The Morgan fingerprint density at radius 3 is 2.93 bits per heavy atom. The number of halogens is 2. The van der Waals surface area contributed by atoms with Gasteiger partial charge in [-0.3, -0.25) is 9.78 Å². The van der Waals surface area contributed by atoms with E-state index in [-0.39, 0.29) is 24.3 Å². The summed E-state index contributed by atoms with van der Waals surface area (Å²) in [7, 11) is 0. The molecule has 2 heterocycles. The lowest BCUT2D eigenvalue weighted by Crippen LogP contribution is -2.45. The van der Waals surface area contributed by atoms with Crippen molar-refractivity contribution in [1.82, 2.24) is 15.2 Å². The van der Waals surface area contributed by atoms with Gasteiger partial charge in [0.05, 0.1) is 23.8 Å². The van der Waals surface area contributed by atoms with Crippen molar-refractivity contribution in [3.63, 3.8) is 0 Å². The first-order valence-electron chi connectivity index (χ1n) is 8.06. The standard InChI is InChI=1S/C18H15F2N5O2/c1-10(17-14(20)4-11(6-21)7-22-17)23-16(26)9-25-8-12-5-13(19)2-3-15(12)24-18(25)27/h2-5,7,10H,8-9H2,1H3,(H,23,26)(H,24,27)/t10-/m0/s1. The molecule has 2 aromatic rings. The predicted molar refractivity (Wildman–Crippen MR) is 91.3 cm³/mol. The molecular formula is C18H15F2N5O2. The first kappa shape index (κ1) is 18.3. The molecule has 0 fully saturated rings. The minimum absolute atomic E-state index is 0.0159. The van der Waals surface area contributed by atoms with E-state index in [0.29, 0.717) is 11.3 Å². The molecule has 7 nitrogen and oxygen atoms in total. The van der Waals surface area contributed by atoms with Crippen molar-refractivity contribution in [2.75, 3.05) is 11.9 Å². The SMILES string of the molecule is C[C@H](NC(=O)CN1Cc2cc(F)ccc2NC1=O)c1ncc(C#N)cc1F. The Morgan fingerprint density at radius 2 is 2.22 bits per heavy atom. The fraction of sp³-hybridized carbons (Fsp3) is 0.222. The third-order valence-electron chi connectivity index (χ3n) is 4.08. The molecule has 1 aliphatic rings. The summed E-state index contributed by atoms with van der Waals surface area (Å²) in [5.41, 5.74) is 1.11. The number of carbonyl (C=O) groups is 2. The molecule has 0 spiro atoms. The zero-order valence-corrected chi connectivity index (χ0v) is 14.3. The molecule has 1 atom stereocenters. The molecule has 1 aliphatic heterocycles. The highest BCUT2D eigenvalue weighted by atomic mass is 19.1. The first-order valence-corrected chi connectivity index (χ1v) is 8.06. The van der Waals surface area contributed by atoms with Gasteiger partial charge >= 0.3 is 6.03 Å². The normalized spacial score (nSPS) is 14.0. The number of urea groups is 1. The van der Waals surface area contributed by atoms with Crippen LogP contribution in [0, 0.1) is 23.0 Å². The molecule has 0 radical (unpaired) electrons. The van der Waals surface area contributed by atoms with Gasteiger partial charge in [-0.1, -0.05) is 0 Å². The van der Waals surface area contributed by atoms with Gasteiger partial charge < -0.3 is 15.5 Å². The quantitative estimate of drug-likeness (QED) is 0.863. The number of nitrogens with one attached hydrogen (secondary N) is 2. The number of rotatable bonds is 4. The number of fused-ring (bicyclic) bond motifs is 1. The number of carbonyl (C=O) groups excluding carboxylic acids is 2. The van der Waals surface area contributed by atoms with Crippen LogP contribution >= 0.6 is 0 Å². The average Bonchev–Trinajstić information content (AvgIpc) is 2.62. The smallest absolute Gasteiger partial charge is 0.322 e. The average molecular weight is 371 g/mol. The Balaban J connectivity index is 1.65. The molecule has 0 aliphatic carbocycles. The minimum atomic E-state index is -0.761. The molecule has 27 heavy (non-hydrogen) atoms. The van der Waals surface area contributed by atoms with Crippen molar-refractivity contribution in [2.45, 2.75) is 19.5 Å². The van der Waals surface area contributed by atoms with Gasteiger partial charge in [-0.25, -0.2) is 13.6 Å². The van der Waals surface area contributed by atoms with E-state index in [2.05, 4.69) is 15.6 Å². The van der Waals surface area contributed by atoms with Crippen molar-refractivity contribution >= 4 is 17.6 Å². The number of nitrogens with zero attached hydrogens (tertiary/aromatic N) is 3. The van der Waals surface area contributed by atoms with Crippen molar-refractivity contribution in [3.05, 3.63) is 58.9 Å². The lowest BCUT2D eigenvalue weighted by atomic mass is 10.1. The Labute approximate surface area is 153 Å². The molecular weight excluding hydrogens is 356 g/mol. The van der Waals surface area contributed by atoms with Crippen LogP contribution in [-0.4, -0.2) is 28.4 Å². The lowest BCUT2D eigenvalue weighted by Gasteiger charge is -2.29. The van der Waals surface area contributed by atoms with E-state index >= 15 is 0 Å². The Hall–Kier alpha value is -3.54. The van der Waals surface area contributed by atoms with Gasteiger partial charge in [0.1, 0.15) is 24.2 Å². The molecule has 1 aromatic carbocycles. The van der Waals surface area contributed by atoms with Crippen molar-refractivity contribution in [3.8, 4) is 6.07 Å². The number of anilines is 1.